The quantitative estimate of drug-likeness (QED) is 0.727. The lowest BCUT2D eigenvalue weighted by Gasteiger charge is -2.31. The van der Waals surface area contributed by atoms with Gasteiger partial charge in [-0.1, -0.05) is 19.3 Å². The van der Waals surface area contributed by atoms with E-state index >= 15 is 0 Å². The summed E-state index contributed by atoms with van der Waals surface area (Å²) < 4.78 is 23.0. The predicted molar refractivity (Wildman–Crippen MR) is 92.2 cm³/mol. The highest BCUT2D eigenvalue weighted by Crippen LogP contribution is 2.21. The number of rotatable bonds is 7. The van der Waals surface area contributed by atoms with Gasteiger partial charge in [-0.25, -0.2) is 8.42 Å². The minimum atomic E-state index is -2.90. The molecule has 1 aliphatic carbocycles. The van der Waals surface area contributed by atoms with Crippen molar-refractivity contribution in [2.75, 3.05) is 45.2 Å². The van der Waals surface area contributed by atoms with Crippen LogP contribution >= 0.6 is 0 Å². The number of nitrogens with zero attached hydrogens (tertiary/aromatic N) is 2. The number of amides is 1. The number of carbonyl (C=O) groups is 1. The molecule has 7 heteroatoms. The number of sulfone groups is 1. The average Bonchev–Trinajstić information content (AvgIpc) is 2.88. The zero-order valence-electron chi connectivity index (χ0n) is 14.5. The molecule has 134 valence electrons. The van der Waals surface area contributed by atoms with Crippen LogP contribution < -0.4 is 5.32 Å². The molecule has 1 amide bonds. The highest BCUT2D eigenvalue weighted by Gasteiger charge is 2.31. The third kappa shape index (κ3) is 6.04. The van der Waals surface area contributed by atoms with Crippen molar-refractivity contribution in [2.45, 2.75) is 50.6 Å². The van der Waals surface area contributed by atoms with Crippen molar-refractivity contribution in [2.24, 2.45) is 0 Å². The highest BCUT2D eigenvalue weighted by atomic mass is 32.2. The van der Waals surface area contributed by atoms with E-state index in [2.05, 4.69) is 17.3 Å². The fourth-order valence-corrected chi connectivity index (χ4v) is 5.42. The number of likely N-dealkylation sites (N-methyl/N-ethyl adjacent to an activating group) is 2. The Morgan fingerprint density at radius 1 is 1.04 bits per heavy atom. The Morgan fingerprint density at radius 3 is 2.35 bits per heavy atom. The Bertz CT molecular complexity index is 489. The van der Waals surface area contributed by atoms with E-state index in [1.165, 1.54) is 32.1 Å². The summed E-state index contributed by atoms with van der Waals surface area (Å²) in [7, 11) is 1.07. The van der Waals surface area contributed by atoms with E-state index in [-0.39, 0.29) is 30.0 Å². The monoisotopic (exact) mass is 345 g/mol. The van der Waals surface area contributed by atoms with Gasteiger partial charge in [0.15, 0.2) is 9.84 Å². The van der Waals surface area contributed by atoms with Gasteiger partial charge in [0.1, 0.15) is 0 Å². The molecule has 0 aromatic heterocycles. The lowest BCUT2D eigenvalue weighted by atomic mass is 9.94. The van der Waals surface area contributed by atoms with Crippen LogP contribution in [0.2, 0.25) is 0 Å². The zero-order chi connectivity index (χ0) is 16.9. The van der Waals surface area contributed by atoms with Crippen LogP contribution in [0.3, 0.4) is 0 Å². The summed E-state index contributed by atoms with van der Waals surface area (Å²) in [6.45, 7) is 1.80. The van der Waals surface area contributed by atoms with Crippen molar-refractivity contribution in [3.05, 3.63) is 0 Å². The van der Waals surface area contributed by atoms with Crippen LogP contribution in [0.25, 0.3) is 0 Å². The van der Waals surface area contributed by atoms with Gasteiger partial charge in [0.2, 0.25) is 5.91 Å². The van der Waals surface area contributed by atoms with Gasteiger partial charge in [0, 0.05) is 25.2 Å². The van der Waals surface area contributed by atoms with Crippen LogP contribution in [-0.4, -0.2) is 81.4 Å². The summed E-state index contributed by atoms with van der Waals surface area (Å²) in [5, 5.41) is 2.96. The minimum Gasteiger partial charge on any atom is -0.354 e. The molecule has 1 aliphatic heterocycles. The summed E-state index contributed by atoms with van der Waals surface area (Å²) in [5.74, 6) is 0.408. The van der Waals surface area contributed by atoms with Gasteiger partial charge in [0.25, 0.3) is 0 Å². The SMILES string of the molecule is CN(CCNC(=O)CN(C)C1CCS(=O)(=O)C1)C1CCCCC1. The van der Waals surface area contributed by atoms with Crippen LogP contribution in [0, 0.1) is 0 Å². The number of hydrogen-bond donors (Lipinski definition) is 1. The topological polar surface area (TPSA) is 69.7 Å². The number of nitrogens with one attached hydrogen (secondary N) is 1. The first-order valence-corrected chi connectivity index (χ1v) is 10.6. The molecule has 1 unspecified atom stereocenters. The first kappa shape index (κ1) is 18.7. The highest BCUT2D eigenvalue weighted by molar-refractivity contribution is 7.91. The van der Waals surface area contributed by atoms with Crippen molar-refractivity contribution in [3.8, 4) is 0 Å². The van der Waals surface area contributed by atoms with E-state index < -0.39 is 9.84 Å². The molecule has 1 saturated carbocycles. The maximum Gasteiger partial charge on any atom is 0.234 e. The van der Waals surface area contributed by atoms with E-state index in [0.29, 0.717) is 19.0 Å². The van der Waals surface area contributed by atoms with Crippen LogP contribution in [0.1, 0.15) is 38.5 Å². The van der Waals surface area contributed by atoms with Crippen LogP contribution in [-0.2, 0) is 14.6 Å². The molecule has 0 spiro atoms. The van der Waals surface area contributed by atoms with E-state index in [1.54, 1.807) is 0 Å². The van der Waals surface area contributed by atoms with Gasteiger partial charge in [-0.05, 0) is 33.4 Å². The zero-order valence-corrected chi connectivity index (χ0v) is 15.3. The molecule has 6 nitrogen and oxygen atoms in total. The molecular formula is C16H31N3O3S. The average molecular weight is 346 g/mol. The second-order valence-electron chi connectivity index (χ2n) is 7.09. The lowest BCUT2D eigenvalue weighted by molar-refractivity contribution is -0.122. The summed E-state index contributed by atoms with van der Waals surface area (Å²) in [4.78, 5) is 16.2. The molecule has 1 atom stereocenters. The second kappa shape index (κ2) is 8.44. The van der Waals surface area contributed by atoms with Gasteiger partial charge in [-0.2, -0.15) is 0 Å². The molecule has 1 heterocycles. The fraction of sp³-hybridized carbons (Fsp3) is 0.938. The largest absolute Gasteiger partial charge is 0.354 e. The van der Waals surface area contributed by atoms with Crippen molar-refractivity contribution in [1.82, 2.24) is 15.1 Å². The summed E-state index contributed by atoms with van der Waals surface area (Å²) in [5.41, 5.74) is 0. The van der Waals surface area contributed by atoms with Gasteiger partial charge < -0.3 is 10.2 Å². The van der Waals surface area contributed by atoms with Gasteiger partial charge in [0.05, 0.1) is 18.1 Å². The molecule has 2 aliphatic rings. The Morgan fingerprint density at radius 2 is 1.74 bits per heavy atom. The third-order valence-electron chi connectivity index (χ3n) is 5.21. The minimum absolute atomic E-state index is 0.0179. The van der Waals surface area contributed by atoms with Gasteiger partial charge in [-0.3, -0.25) is 9.69 Å². The number of hydrogen-bond acceptors (Lipinski definition) is 5. The molecule has 1 N–H and O–H groups in total. The van der Waals surface area contributed by atoms with Crippen molar-refractivity contribution in [3.63, 3.8) is 0 Å². The first-order chi connectivity index (χ1) is 10.9. The number of carbonyl (C=O) groups excluding carboxylic acids is 1. The molecule has 2 rings (SSSR count). The normalized spacial score (nSPS) is 25.1. The Labute approximate surface area is 140 Å². The smallest absolute Gasteiger partial charge is 0.234 e. The predicted octanol–water partition coefficient (Wildman–Crippen LogP) is 0.486. The fourth-order valence-electron chi connectivity index (χ4n) is 3.61. The molecular weight excluding hydrogens is 314 g/mol. The standard InChI is InChI=1S/C16H31N3O3S/c1-18(14-6-4-3-5-7-14)10-9-17-16(20)12-19(2)15-8-11-23(21,22)13-15/h14-15H,3-13H2,1-2H3,(H,17,20). The Kier molecular flexibility index (Phi) is 6.85. The second-order valence-corrected chi connectivity index (χ2v) is 9.32. The van der Waals surface area contributed by atoms with Gasteiger partial charge >= 0.3 is 0 Å². The summed E-state index contributed by atoms with van der Waals surface area (Å²) in [6.07, 6.45) is 7.15. The lowest BCUT2D eigenvalue weighted by Crippen LogP contribution is -2.44. The van der Waals surface area contributed by atoms with Crippen molar-refractivity contribution in [1.29, 1.82) is 0 Å². The van der Waals surface area contributed by atoms with Crippen molar-refractivity contribution >= 4 is 15.7 Å². The maximum absolute atomic E-state index is 12.0. The third-order valence-corrected chi connectivity index (χ3v) is 6.96. The first-order valence-electron chi connectivity index (χ1n) is 8.75. The molecule has 2 fully saturated rings. The van der Waals surface area contributed by atoms with Gasteiger partial charge in [-0.15, -0.1) is 0 Å². The van der Waals surface area contributed by atoms with E-state index in [4.69, 9.17) is 0 Å². The molecule has 0 bridgehead atoms. The van der Waals surface area contributed by atoms with Crippen LogP contribution in [0.5, 0.6) is 0 Å². The molecule has 23 heavy (non-hydrogen) atoms. The van der Waals surface area contributed by atoms with Crippen LogP contribution in [0.4, 0.5) is 0 Å². The van der Waals surface area contributed by atoms with E-state index in [0.717, 1.165) is 6.54 Å². The van der Waals surface area contributed by atoms with E-state index in [1.807, 2.05) is 11.9 Å². The molecule has 1 saturated heterocycles. The van der Waals surface area contributed by atoms with Crippen molar-refractivity contribution < 1.29 is 13.2 Å². The van der Waals surface area contributed by atoms with E-state index in [9.17, 15) is 13.2 Å². The molecule has 0 radical (unpaired) electrons. The molecule has 0 aromatic rings. The summed E-state index contributed by atoms with van der Waals surface area (Å²) in [6, 6.07) is 0.641. The Hall–Kier alpha value is -0.660. The van der Waals surface area contributed by atoms with Crippen LogP contribution in [0.15, 0.2) is 0 Å². The maximum atomic E-state index is 12.0. The Balaban J connectivity index is 1.63. The summed E-state index contributed by atoms with van der Waals surface area (Å²) >= 11 is 0. The molecule has 0 aromatic carbocycles.